The van der Waals surface area contributed by atoms with Gasteiger partial charge in [0.05, 0.1) is 12.1 Å². The van der Waals surface area contributed by atoms with Crippen LogP contribution in [0.3, 0.4) is 0 Å². The van der Waals surface area contributed by atoms with Crippen LogP contribution in [0, 0.1) is 13.8 Å². The third-order valence-corrected chi connectivity index (χ3v) is 4.40. The minimum atomic E-state index is -0.933. The lowest BCUT2D eigenvalue weighted by Crippen LogP contribution is -2.16. The Labute approximate surface area is 145 Å². The summed E-state index contributed by atoms with van der Waals surface area (Å²) in [7, 11) is 0. The fourth-order valence-electron chi connectivity index (χ4n) is 3.14. The van der Waals surface area contributed by atoms with Crippen LogP contribution in [0.4, 0.5) is 0 Å². The van der Waals surface area contributed by atoms with Crippen molar-refractivity contribution in [3.05, 3.63) is 87.3 Å². The van der Waals surface area contributed by atoms with Gasteiger partial charge in [-0.3, -0.25) is 19.4 Å². The second kappa shape index (κ2) is 6.81. The van der Waals surface area contributed by atoms with E-state index in [-0.39, 0.29) is 12.0 Å². The van der Waals surface area contributed by atoms with Gasteiger partial charge in [0, 0.05) is 17.2 Å². The Hall–Kier alpha value is -3.08. The molecule has 0 saturated heterocycles. The molecule has 25 heavy (non-hydrogen) atoms. The fraction of sp³-hybridized carbons (Fsp3) is 0.200. The van der Waals surface area contributed by atoms with E-state index in [1.807, 2.05) is 68.4 Å². The molecule has 3 rings (SSSR count). The number of H-pyrrole nitrogens is 1. The molecule has 0 aliphatic heterocycles. The minimum Gasteiger partial charge on any atom is -0.481 e. The number of aromatic amines is 1. The number of benzene rings is 2. The van der Waals surface area contributed by atoms with Gasteiger partial charge in [-0.25, -0.2) is 0 Å². The number of carboxylic acid groups (broad SMARTS) is 1. The zero-order valence-corrected chi connectivity index (χ0v) is 14.2. The van der Waals surface area contributed by atoms with Gasteiger partial charge in [-0.15, -0.1) is 0 Å². The van der Waals surface area contributed by atoms with Crippen LogP contribution in [0.15, 0.2) is 59.4 Å². The smallest absolute Gasteiger partial charge is 0.304 e. The van der Waals surface area contributed by atoms with Crippen molar-refractivity contribution in [2.24, 2.45) is 0 Å². The van der Waals surface area contributed by atoms with Gasteiger partial charge in [0.1, 0.15) is 0 Å². The molecule has 1 unspecified atom stereocenters. The van der Waals surface area contributed by atoms with E-state index >= 15 is 0 Å². The van der Waals surface area contributed by atoms with Gasteiger partial charge in [0.25, 0.3) is 5.56 Å². The summed E-state index contributed by atoms with van der Waals surface area (Å²) in [5, 5.41) is 12.2. The third-order valence-electron chi connectivity index (χ3n) is 4.40. The number of carbonyl (C=O) groups is 1. The van der Waals surface area contributed by atoms with Crippen molar-refractivity contribution in [2.45, 2.75) is 26.2 Å². The third kappa shape index (κ3) is 3.40. The molecule has 128 valence electrons. The molecular formula is C20H20N2O3. The van der Waals surface area contributed by atoms with E-state index < -0.39 is 11.9 Å². The molecule has 1 aromatic heterocycles. The lowest BCUT2D eigenvalue weighted by Gasteiger charge is -2.15. The Balaban J connectivity index is 2.13. The molecule has 0 spiro atoms. The normalized spacial score (nSPS) is 12.1. The van der Waals surface area contributed by atoms with Gasteiger partial charge in [-0.1, -0.05) is 48.0 Å². The van der Waals surface area contributed by atoms with Crippen molar-refractivity contribution in [2.75, 3.05) is 0 Å². The molecule has 3 aromatic rings. The van der Waals surface area contributed by atoms with Crippen LogP contribution in [0.5, 0.6) is 0 Å². The number of carboxylic acids is 1. The van der Waals surface area contributed by atoms with Crippen molar-refractivity contribution in [3.63, 3.8) is 0 Å². The summed E-state index contributed by atoms with van der Waals surface area (Å²) >= 11 is 0. The van der Waals surface area contributed by atoms with Crippen LogP contribution in [-0.2, 0) is 4.79 Å². The van der Waals surface area contributed by atoms with Gasteiger partial charge >= 0.3 is 5.97 Å². The molecule has 0 amide bonds. The molecule has 5 nitrogen and oxygen atoms in total. The van der Waals surface area contributed by atoms with E-state index in [1.54, 1.807) is 4.68 Å². The average Bonchev–Trinajstić information content (AvgIpc) is 2.89. The van der Waals surface area contributed by atoms with E-state index in [9.17, 15) is 14.7 Å². The number of hydrogen-bond acceptors (Lipinski definition) is 2. The van der Waals surface area contributed by atoms with E-state index in [0.29, 0.717) is 5.56 Å². The quantitative estimate of drug-likeness (QED) is 0.750. The number of aryl methyl sites for hydroxylation is 1. The molecule has 2 N–H and O–H groups in total. The Morgan fingerprint density at radius 1 is 1.08 bits per heavy atom. The topological polar surface area (TPSA) is 75.1 Å². The van der Waals surface area contributed by atoms with Crippen LogP contribution in [0.25, 0.3) is 5.69 Å². The monoisotopic (exact) mass is 336 g/mol. The average molecular weight is 336 g/mol. The maximum Gasteiger partial charge on any atom is 0.304 e. The van der Waals surface area contributed by atoms with Crippen molar-refractivity contribution in [3.8, 4) is 5.69 Å². The Bertz CT molecular complexity index is 937. The molecule has 5 heteroatoms. The van der Waals surface area contributed by atoms with Gasteiger partial charge in [0.15, 0.2) is 0 Å². The first-order valence-corrected chi connectivity index (χ1v) is 8.12. The zero-order valence-electron chi connectivity index (χ0n) is 14.2. The molecule has 2 aromatic carbocycles. The lowest BCUT2D eigenvalue weighted by atomic mass is 9.88. The van der Waals surface area contributed by atoms with E-state index in [0.717, 1.165) is 22.5 Å². The molecule has 0 radical (unpaired) electrons. The standard InChI is InChI=1S/C20H20N2O3/c1-13-8-10-15(11-9-13)17(12-18(23)24)19-14(2)22(21-20(19)25)16-6-4-3-5-7-16/h3-11,17H,12H2,1-2H3,(H,21,25)(H,23,24). The number of para-hydroxylation sites is 1. The highest BCUT2D eigenvalue weighted by molar-refractivity contribution is 5.69. The number of aromatic nitrogens is 2. The summed E-state index contributed by atoms with van der Waals surface area (Å²) in [5.41, 5.74) is 3.71. The number of hydrogen-bond donors (Lipinski definition) is 2. The zero-order chi connectivity index (χ0) is 18.0. The summed E-state index contributed by atoms with van der Waals surface area (Å²) in [4.78, 5) is 24.0. The SMILES string of the molecule is Cc1ccc(C(CC(=O)O)c2c(C)n(-c3ccccc3)[nH]c2=O)cc1. The van der Waals surface area contributed by atoms with E-state index in [4.69, 9.17) is 0 Å². The summed E-state index contributed by atoms with van der Waals surface area (Å²) in [6, 6.07) is 17.1. The number of nitrogens with one attached hydrogen (secondary N) is 1. The van der Waals surface area contributed by atoms with Crippen molar-refractivity contribution < 1.29 is 9.90 Å². The number of rotatable bonds is 5. The molecule has 0 saturated carbocycles. The first kappa shape index (κ1) is 16.8. The highest BCUT2D eigenvalue weighted by atomic mass is 16.4. The molecule has 0 aliphatic rings. The molecule has 0 aliphatic carbocycles. The second-order valence-corrected chi connectivity index (χ2v) is 6.17. The van der Waals surface area contributed by atoms with Crippen LogP contribution < -0.4 is 5.56 Å². The first-order chi connectivity index (χ1) is 12.0. The Morgan fingerprint density at radius 3 is 2.32 bits per heavy atom. The second-order valence-electron chi connectivity index (χ2n) is 6.17. The van der Waals surface area contributed by atoms with Gasteiger partial charge in [-0.2, -0.15) is 0 Å². The summed E-state index contributed by atoms with van der Waals surface area (Å²) in [6.07, 6.45) is -0.133. The van der Waals surface area contributed by atoms with Gasteiger partial charge in [0.2, 0.25) is 0 Å². The summed E-state index contributed by atoms with van der Waals surface area (Å²) in [5.74, 6) is -1.43. The predicted octanol–water partition coefficient (Wildman–Crippen LogP) is 3.39. The molecule has 0 bridgehead atoms. The van der Waals surface area contributed by atoms with Crippen molar-refractivity contribution in [1.82, 2.24) is 9.78 Å². The predicted molar refractivity (Wildman–Crippen MR) is 96.4 cm³/mol. The summed E-state index contributed by atoms with van der Waals surface area (Å²) in [6.45, 7) is 3.81. The van der Waals surface area contributed by atoms with Crippen LogP contribution in [0.1, 0.15) is 34.7 Å². The lowest BCUT2D eigenvalue weighted by molar-refractivity contribution is -0.137. The van der Waals surface area contributed by atoms with Gasteiger partial charge < -0.3 is 5.11 Å². The van der Waals surface area contributed by atoms with Crippen LogP contribution in [0.2, 0.25) is 0 Å². The molecular weight excluding hydrogens is 316 g/mol. The maximum absolute atomic E-state index is 12.6. The number of nitrogens with zero attached hydrogens (tertiary/aromatic N) is 1. The Morgan fingerprint density at radius 2 is 1.72 bits per heavy atom. The fourth-order valence-corrected chi connectivity index (χ4v) is 3.14. The largest absolute Gasteiger partial charge is 0.481 e. The van der Waals surface area contributed by atoms with E-state index in [2.05, 4.69) is 5.10 Å². The van der Waals surface area contributed by atoms with Gasteiger partial charge in [-0.05, 0) is 31.5 Å². The summed E-state index contributed by atoms with van der Waals surface area (Å²) < 4.78 is 1.71. The highest BCUT2D eigenvalue weighted by Gasteiger charge is 2.25. The molecule has 1 heterocycles. The van der Waals surface area contributed by atoms with Crippen molar-refractivity contribution in [1.29, 1.82) is 0 Å². The van der Waals surface area contributed by atoms with Crippen LogP contribution in [-0.4, -0.2) is 20.9 Å². The highest BCUT2D eigenvalue weighted by Crippen LogP contribution is 2.29. The van der Waals surface area contributed by atoms with Crippen LogP contribution >= 0.6 is 0 Å². The minimum absolute atomic E-state index is 0.133. The molecule has 1 atom stereocenters. The molecule has 0 fully saturated rings. The number of aliphatic carboxylic acids is 1. The maximum atomic E-state index is 12.6. The van der Waals surface area contributed by atoms with E-state index in [1.165, 1.54) is 0 Å². The Kier molecular flexibility index (Phi) is 4.57. The first-order valence-electron chi connectivity index (χ1n) is 8.12. The van der Waals surface area contributed by atoms with Crippen molar-refractivity contribution >= 4 is 5.97 Å².